The van der Waals surface area contributed by atoms with Crippen molar-refractivity contribution in [3.8, 4) is 0 Å². The summed E-state index contributed by atoms with van der Waals surface area (Å²) in [6.45, 7) is -0.0347. The maximum absolute atomic E-state index is 8.33. The Morgan fingerprint density at radius 1 is 1.71 bits per heavy atom. The topological polar surface area (TPSA) is 38.0 Å². The molecule has 0 aliphatic heterocycles. The minimum atomic E-state index is -0.0347. The molecular weight excluding hydrogens is 92.1 g/mol. The van der Waals surface area contributed by atoms with Crippen molar-refractivity contribution in [2.24, 2.45) is 0 Å². The number of rotatable bonds is 1. The summed E-state index contributed by atoms with van der Waals surface area (Å²) in [4.78, 5) is 0. The van der Waals surface area contributed by atoms with Gasteiger partial charge in [-0.1, -0.05) is 0 Å². The molecule has 1 aromatic rings. The maximum Gasteiger partial charge on any atom is 0.136 e. The van der Waals surface area contributed by atoms with E-state index in [1.807, 2.05) is 0 Å². The molecule has 1 heterocycles. The smallest absolute Gasteiger partial charge is 0.136 e. The molecule has 0 unspecified atom stereocenters. The van der Waals surface area contributed by atoms with Crippen molar-refractivity contribution in [1.29, 1.82) is 0 Å². The Morgan fingerprint density at radius 3 is 2.86 bits per heavy atom. The second kappa shape index (κ2) is 1.75. The van der Waals surface area contributed by atoms with Crippen LogP contribution in [0.5, 0.6) is 0 Å². The van der Waals surface area contributed by atoms with Gasteiger partial charge in [0.2, 0.25) is 0 Å². The number of aliphatic hydroxyl groups is 1. The first-order valence-electron chi connectivity index (χ1n) is 2.02. The average molecular weight is 98.1 g/mol. The van der Waals surface area contributed by atoms with E-state index in [0.717, 1.165) is 0 Å². The molecule has 1 N–H and O–H groups in total. The molecule has 1 rings (SSSR count). The second-order valence-electron chi connectivity index (χ2n) is 1.19. The van der Waals surface area contributed by atoms with Crippen molar-refractivity contribution >= 4 is 0 Å². The van der Waals surface area contributed by atoms with E-state index in [0.29, 0.717) is 0 Å². The van der Waals surface area contributed by atoms with E-state index in [1.165, 1.54) is 4.68 Å². The standard InChI is InChI=1S/C4H6N2O/c7-4-6-3-1-2-5-6/h1-3,7H,4H2. The molecule has 0 spiro atoms. The molecule has 3 nitrogen and oxygen atoms in total. The van der Waals surface area contributed by atoms with Crippen molar-refractivity contribution in [1.82, 2.24) is 9.78 Å². The Hall–Kier alpha value is -0.830. The summed E-state index contributed by atoms with van der Waals surface area (Å²) in [5.41, 5.74) is 0. The number of hydrogen-bond donors (Lipinski definition) is 1. The molecule has 0 aromatic carbocycles. The fraction of sp³-hybridized carbons (Fsp3) is 0.250. The summed E-state index contributed by atoms with van der Waals surface area (Å²) >= 11 is 0. The van der Waals surface area contributed by atoms with E-state index < -0.39 is 0 Å². The molecule has 3 heteroatoms. The Morgan fingerprint density at radius 2 is 2.57 bits per heavy atom. The zero-order valence-electron chi connectivity index (χ0n) is 3.78. The first-order valence-corrected chi connectivity index (χ1v) is 2.02. The lowest BCUT2D eigenvalue weighted by Gasteiger charge is -1.87. The minimum Gasteiger partial charge on any atom is -0.374 e. The van der Waals surface area contributed by atoms with Gasteiger partial charge in [-0.05, 0) is 6.07 Å². The highest BCUT2D eigenvalue weighted by atomic mass is 16.3. The SMILES string of the molecule is OCn1cccn1. The van der Waals surface area contributed by atoms with Crippen LogP contribution >= 0.6 is 0 Å². The van der Waals surface area contributed by atoms with Gasteiger partial charge in [-0.15, -0.1) is 0 Å². The summed E-state index contributed by atoms with van der Waals surface area (Å²) in [5.74, 6) is 0. The largest absolute Gasteiger partial charge is 0.374 e. The van der Waals surface area contributed by atoms with E-state index in [1.54, 1.807) is 18.5 Å². The van der Waals surface area contributed by atoms with Gasteiger partial charge in [0.25, 0.3) is 0 Å². The average Bonchev–Trinajstić information content (AvgIpc) is 2.14. The number of hydrogen-bond acceptors (Lipinski definition) is 2. The van der Waals surface area contributed by atoms with Crippen LogP contribution in [-0.2, 0) is 6.73 Å². The highest BCUT2D eigenvalue weighted by Gasteiger charge is 1.78. The molecular formula is C4H6N2O. The van der Waals surface area contributed by atoms with Gasteiger partial charge < -0.3 is 5.11 Å². The van der Waals surface area contributed by atoms with Gasteiger partial charge in [0.15, 0.2) is 0 Å². The molecule has 0 aliphatic carbocycles. The van der Waals surface area contributed by atoms with E-state index in [-0.39, 0.29) is 6.73 Å². The monoisotopic (exact) mass is 98.0 g/mol. The third kappa shape index (κ3) is 0.778. The molecule has 0 radical (unpaired) electrons. The van der Waals surface area contributed by atoms with Crippen LogP contribution in [0.2, 0.25) is 0 Å². The fourth-order valence-electron chi connectivity index (χ4n) is 0.384. The Bertz CT molecular complexity index is 124. The highest BCUT2D eigenvalue weighted by Crippen LogP contribution is 1.78. The summed E-state index contributed by atoms with van der Waals surface area (Å²) < 4.78 is 1.43. The molecule has 0 aliphatic rings. The Labute approximate surface area is 41.2 Å². The predicted octanol–water partition coefficient (Wildman–Crippen LogP) is -0.167. The third-order valence-electron chi connectivity index (χ3n) is 0.704. The van der Waals surface area contributed by atoms with Gasteiger partial charge in [0, 0.05) is 12.4 Å². The van der Waals surface area contributed by atoms with E-state index >= 15 is 0 Å². The first kappa shape index (κ1) is 4.33. The van der Waals surface area contributed by atoms with Gasteiger partial charge in [0.1, 0.15) is 6.73 Å². The Kier molecular flexibility index (Phi) is 1.08. The zero-order valence-corrected chi connectivity index (χ0v) is 3.78. The molecule has 0 fully saturated rings. The molecule has 0 saturated carbocycles. The third-order valence-corrected chi connectivity index (χ3v) is 0.704. The van der Waals surface area contributed by atoms with Crippen LogP contribution in [0.25, 0.3) is 0 Å². The van der Waals surface area contributed by atoms with Crippen molar-refractivity contribution in [2.75, 3.05) is 0 Å². The second-order valence-corrected chi connectivity index (χ2v) is 1.19. The van der Waals surface area contributed by atoms with Crippen molar-refractivity contribution in [3.05, 3.63) is 18.5 Å². The minimum absolute atomic E-state index is 0.0347. The fourth-order valence-corrected chi connectivity index (χ4v) is 0.384. The van der Waals surface area contributed by atoms with Crippen LogP contribution in [0.1, 0.15) is 0 Å². The summed E-state index contributed by atoms with van der Waals surface area (Å²) in [7, 11) is 0. The van der Waals surface area contributed by atoms with Crippen molar-refractivity contribution in [2.45, 2.75) is 6.73 Å². The maximum atomic E-state index is 8.33. The van der Waals surface area contributed by atoms with Crippen LogP contribution in [0.15, 0.2) is 18.5 Å². The lowest BCUT2D eigenvalue weighted by atomic mass is 10.8. The number of nitrogens with zero attached hydrogens (tertiary/aromatic N) is 2. The molecule has 0 saturated heterocycles. The normalized spacial score (nSPS) is 9.29. The molecule has 0 atom stereocenters. The van der Waals surface area contributed by atoms with Crippen LogP contribution in [0.4, 0.5) is 0 Å². The Balaban J connectivity index is 2.76. The van der Waals surface area contributed by atoms with Crippen LogP contribution in [0.3, 0.4) is 0 Å². The number of aromatic nitrogens is 2. The summed E-state index contributed by atoms with van der Waals surface area (Å²) in [5, 5.41) is 12.0. The quantitative estimate of drug-likeness (QED) is 0.529. The van der Waals surface area contributed by atoms with E-state index in [2.05, 4.69) is 5.10 Å². The lowest BCUT2D eigenvalue weighted by Crippen LogP contribution is -1.94. The van der Waals surface area contributed by atoms with Gasteiger partial charge in [-0.2, -0.15) is 5.10 Å². The first-order chi connectivity index (χ1) is 3.43. The van der Waals surface area contributed by atoms with Crippen LogP contribution < -0.4 is 0 Å². The lowest BCUT2D eigenvalue weighted by molar-refractivity contribution is 0.195. The van der Waals surface area contributed by atoms with E-state index in [9.17, 15) is 0 Å². The molecule has 38 valence electrons. The zero-order chi connectivity index (χ0) is 5.11. The van der Waals surface area contributed by atoms with Crippen molar-refractivity contribution < 1.29 is 5.11 Å². The van der Waals surface area contributed by atoms with Crippen LogP contribution in [0, 0.1) is 0 Å². The highest BCUT2D eigenvalue weighted by molar-refractivity contribution is 4.76. The molecule has 0 amide bonds. The van der Waals surface area contributed by atoms with E-state index in [4.69, 9.17) is 5.11 Å². The number of aliphatic hydroxyl groups excluding tert-OH is 1. The van der Waals surface area contributed by atoms with Crippen molar-refractivity contribution in [3.63, 3.8) is 0 Å². The molecule has 1 aromatic heterocycles. The molecule has 7 heavy (non-hydrogen) atoms. The van der Waals surface area contributed by atoms with Crippen LogP contribution in [-0.4, -0.2) is 14.9 Å². The summed E-state index contributed by atoms with van der Waals surface area (Å²) in [6, 6.07) is 1.76. The summed E-state index contributed by atoms with van der Waals surface area (Å²) in [6.07, 6.45) is 3.32. The van der Waals surface area contributed by atoms with Gasteiger partial charge in [0.05, 0.1) is 0 Å². The predicted molar refractivity (Wildman–Crippen MR) is 24.4 cm³/mol. The van der Waals surface area contributed by atoms with Gasteiger partial charge in [-0.3, -0.25) is 0 Å². The van der Waals surface area contributed by atoms with Gasteiger partial charge >= 0.3 is 0 Å². The van der Waals surface area contributed by atoms with Gasteiger partial charge in [-0.25, -0.2) is 4.68 Å². The molecule has 0 bridgehead atoms.